The van der Waals surface area contributed by atoms with Gasteiger partial charge in [-0.05, 0) is 17.2 Å². The molecule has 0 bridgehead atoms. The molecule has 0 heterocycles. The topological polar surface area (TPSA) is 41.5 Å². The fraction of sp³-hybridized carbons (Fsp3) is 0.294. The van der Waals surface area contributed by atoms with Crippen LogP contribution in [0.25, 0.3) is 0 Å². The van der Waals surface area contributed by atoms with Gasteiger partial charge in [0.2, 0.25) is 0 Å². The van der Waals surface area contributed by atoms with Gasteiger partial charge in [-0.25, -0.2) is 0 Å². The molecule has 3 nitrogen and oxygen atoms in total. The van der Waals surface area contributed by atoms with Crippen LogP contribution in [0.15, 0.2) is 48.5 Å². The smallest absolute Gasteiger partial charge is 0.0928 e. The fourth-order valence-electron chi connectivity index (χ4n) is 2.20. The van der Waals surface area contributed by atoms with E-state index in [2.05, 4.69) is 11.4 Å². The highest BCUT2D eigenvalue weighted by atomic mass is 35.5. The molecule has 0 saturated carbocycles. The summed E-state index contributed by atoms with van der Waals surface area (Å²) in [5.41, 5.74) is 3.05. The molecule has 0 radical (unpaired) electrons. The fourth-order valence-corrected chi connectivity index (χ4v) is 2.47. The first-order valence-corrected chi connectivity index (χ1v) is 7.28. The van der Waals surface area contributed by atoms with Crippen molar-refractivity contribution in [3.63, 3.8) is 0 Å². The summed E-state index contributed by atoms with van der Waals surface area (Å²) in [6.45, 7) is 1.76. The van der Waals surface area contributed by atoms with E-state index in [1.54, 1.807) is 13.2 Å². The van der Waals surface area contributed by atoms with Gasteiger partial charge in [-0.1, -0.05) is 54.1 Å². The van der Waals surface area contributed by atoms with E-state index in [4.69, 9.17) is 16.3 Å². The highest BCUT2D eigenvalue weighted by Crippen LogP contribution is 2.21. The summed E-state index contributed by atoms with van der Waals surface area (Å²) in [6.07, 6.45) is -0.610. The zero-order chi connectivity index (χ0) is 15.1. The van der Waals surface area contributed by atoms with Crippen molar-refractivity contribution in [2.24, 2.45) is 0 Å². The Hall–Kier alpha value is -1.39. The Balaban J connectivity index is 1.86. The minimum Gasteiger partial charge on any atom is -0.387 e. The summed E-state index contributed by atoms with van der Waals surface area (Å²) in [7, 11) is 1.69. The van der Waals surface area contributed by atoms with Gasteiger partial charge in [0.05, 0.1) is 12.7 Å². The van der Waals surface area contributed by atoms with Crippen LogP contribution >= 0.6 is 11.6 Å². The van der Waals surface area contributed by atoms with Crippen molar-refractivity contribution in [1.29, 1.82) is 0 Å². The van der Waals surface area contributed by atoms with E-state index in [1.165, 1.54) is 0 Å². The number of ether oxygens (including phenoxy) is 1. The molecule has 112 valence electrons. The predicted octanol–water partition coefficient (Wildman–Crippen LogP) is 3.31. The first-order valence-electron chi connectivity index (χ1n) is 6.90. The zero-order valence-electron chi connectivity index (χ0n) is 12.1. The van der Waals surface area contributed by atoms with E-state index in [0.29, 0.717) is 24.7 Å². The van der Waals surface area contributed by atoms with Gasteiger partial charge in [-0.15, -0.1) is 0 Å². The van der Waals surface area contributed by atoms with E-state index in [1.807, 2.05) is 36.4 Å². The second-order valence-electron chi connectivity index (χ2n) is 4.92. The molecule has 2 N–H and O–H groups in total. The Morgan fingerprint density at radius 2 is 1.90 bits per heavy atom. The molecule has 0 saturated heterocycles. The highest BCUT2D eigenvalue weighted by Gasteiger charge is 2.10. The molecular formula is C17H20ClNO2. The maximum absolute atomic E-state index is 10.2. The van der Waals surface area contributed by atoms with Crippen LogP contribution in [0.3, 0.4) is 0 Å². The number of rotatable bonds is 7. The molecule has 1 atom stereocenters. The molecule has 0 fully saturated rings. The molecule has 2 aromatic rings. The summed E-state index contributed by atoms with van der Waals surface area (Å²) in [5.74, 6) is 0. The van der Waals surface area contributed by atoms with Crippen molar-refractivity contribution in [2.45, 2.75) is 19.3 Å². The molecule has 0 aliphatic heterocycles. The predicted molar refractivity (Wildman–Crippen MR) is 85.3 cm³/mol. The Bertz CT molecular complexity index is 574. The van der Waals surface area contributed by atoms with Gasteiger partial charge in [-0.3, -0.25) is 0 Å². The molecule has 21 heavy (non-hydrogen) atoms. The van der Waals surface area contributed by atoms with Gasteiger partial charge in [0.1, 0.15) is 0 Å². The maximum Gasteiger partial charge on any atom is 0.0928 e. The van der Waals surface area contributed by atoms with Crippen LogP contribution in [0.5, 0.6) is 0 Å². The lowest BCUT2D eigenvalue weighted by atomic mass is 10.1. The third-order valence-electron chi connectivity index (χ3n) is 3.23. The number of hydrogen-bond donors (Lipinski definition) is 2. The van der Waals surface area contributed by atoms with Gasteiger partial charge in [-0.2, -0.15) is 0 Å². The average molecular weight is 306 g/mol. The SMILES string of the molecule is COCc1cccc(CNCC(O)c2ccccc2Cl)c1. The van der Waals surface area contributed by atoms with Crippen molar-refractivity contribution >= 4 is 11.6 Å². The van der Waals surface area contributed by atoms with Gasteiger partial charge in [0, 0.05) is 30.8 Å². The standard InChI is InChI=1S/C17H20ClNO2/c1-21-12-14-6-4-5-13(9-14)10-19-11-17(20)15-7-2-3-8-16(15)18/h2-9,17,19-20H,10-12H2,1H3. The maximum atomic E-state index is 10.2. The molecule has 0 aliphatic carbocycles. The van der Waals surface area contributed by atoms with E-state index in [9.17, 15) is 5.11 Å². The molecule has 4 heteroatoms. The normalized spacial score (nSPS) is 12.3. The van der Waals surface area contributed by atoms with Crippen LogP contribution in [0.4, 0.5) is 0 Å². The van der Waals surface area contributed by atoms with Gasteiger partial charge in [0.15, 0.2) is 0 Å². The summed E-state index contributed by atoms with van der Waals surface area (Å²) < 4.78 is 5.12. The first kappa shape index (κ1) is 16.0. The number of benzene rings is 2. The van der Waals surface area contributed by atoms with Crippen LogP contribution < -0.4 is 5.32 Å². The number of nitrogens with one attached hydrogen (secondary N) is 1. The number of methoxy groups -OCH3 is 1. The van der Waals surface area contributed by atoms with Crippen molar-refractivity contribution in [3.8, 4) is 0 Å². The summed E-state index contributed by atoms with van der Waals surface area (Å²) >= 11 is 6.07. The van der Waals surface area contributed by atoms with E-state index in [0.717, 1.165) is 16.7 Å². The molecule has 0 aromatic heterocycles. The summed E-state index contributed by atoms with van der Waals surface area (Å²) in [6, 6.07) is 15.5. The van der Waals surface area contributed by atoms with E-state index in [-0.39, 0.29) is 0 Å². The Labute approximate surface area is 130 Å². The molecular weight excluding hydrogens is 286 g/mol. The highest BCUT2D eigenvalue weighted by molar-refractivity contribution is 6.31. The van der Waals surface area contributed by atoms with Crippen molar-refractivity contribution in [1.82, 2.24) is 5.32 Å². The molecule has 0 amide bonds. The molecule has 2 rings (SSSR count). The Morgan fingerprint density at radius 1 is 1.14 bits per heavy atom. The van der Waals surface area contributed by atoms with Crippen molar-refractivity contribution in [3.05, 3.63) is 70.2 Å². The lowest BCUT2D eigenvalue weighted by Gasteiger charge is -2.14. The van der Waals surface area contributed by atoms with Crippen LogP contribution in [-0.2, 0) is 17.9 Å². The molecule has 0 aliphatic rings. The van der Waals surface area contributed by atoms with Crippen LogP contribution in [0, 0.1) is 0 Å². The molecule has 0 spiro atoms. The second kappa shape index (κ2) is 8.15. The largest absolute Gasteiger partial charge is 0.387 e. The van der Waals surface area contributed by atoms with Crippen molar-refractivity contribution < 1.29 is 9.84 Å². The second-order valence-corrected chi connectivity index (χ2v) is 5.33. The minimum absolute atomic E-state index is 0.457. The lowest BCUT2D eigenvalue weighted by molar-refractivity contribution is 0.174. The minimum atomic E-state index is -0.610. The monoisotopic (exact) mass is 305 g/mol. The third kappa shape index (κ3) is 4.83. The summed E-state index contributed by atoms with van der Waals surface area (Å²) in [5, 5.41) is 14.0. The number of aliphatic hydroxyl groups excluding tert-OH is 1. The summed E-state index contributed by atoms with van der Waals surface area (Å²) in [4.78, 5) is 0. The number of aliphatic hydroxyl groups is 1. The lowest BCUT2D eigenvalue weighted by Crippen LogP contribution is -2.21. The van der Waals surface area contributed by atoms with Gasteiger partial charge < -0.3 is 15.2 Å². The number of hydrogen-bond acceptors (Lipinski definition) is 3. The molecule has 1 unspecified atom stereocenters. The first-order chi connectivity index (χ1) is 10.2. The Kier molecular flexibility index (Phi) is 6.21. The van der Waals surface area contributed by atoms with Crippen LogP contribution in [0.2, 0.25) is 5.02 Å². The molecule has 2 aromatic carbocycles. The van der Waals surface area contributed by atoms with Gasteiger partial charge in [0.25, 0.3) is 0 Å². The van der Waals surface area contributed by atoms with E-state index >= 15 is 0 Å². The van der Waals surface area contributed by atoms with Gasteiger partial charge >= 0.3 is 0 Å². The quantitative estimate of drug-likeness (QED) is 0.824. The third-order valence-corrected chi connectivity index (χ3v) is 3.58. The van der Waals surface area contributed by atoms with Crippen LogP contribution in [0.1, 0.15) is 22.8 Å². The Morgan fingerprint density at radius 3 is 2.67 bits per heavy atom. The zero-order valence-corrected chi connectivity index (χ0v) is 12.8. The van der Waals surface area contributed by atoms with E-state index < -0.39 is 6.10 Å². The number of halogens is 1. The van der Waals surface area contributed by atoms with Crippen molar-refractivity contribution in [2.75, 3.05) is 13.7 Å². The van der Waals surface area contributed by atoms with Crippen LogP contribution in [-0.4, -0.2) is 18.8 Å². The average Bonchev–Trinajstić information content (AvgIpc) is 2.48.